The molecule has 9 heavy (non-hydrogen) atoms. The number of carbonyl (C=O) groups excluding carboxylic acids is 1. The Balaban J connectivity index is 3.46. The average molecular weight is 143 g/mol. The Hall–Kier alpha value is -0.573. The Morgan fingerprint density at radius 1 is 1.89 bits per heavy atom. The van der Waals surface area contributed by atoms with Gasteiger partial charge in [-0.2, -0.15) is 0 Å². The number of ether oxygens (including phenoxy) is 1. The molecule has 0 fully saturated rings. The molecule has 51 valence electrons. The van der Waals surface area contributed by atoms with Crippen LogP contribution in [0.5, 0.6) is 0 Å². The summed E-state index contributed by atoms with van der Waals surface area (Å²) in [5.74, 6) is -0.348. The van der Waals surface area contributed by atoms with E-state index in [4.69, 9.17) is 4.74 Å². The van der Waals surface area contributed by atoms with Gasteiger partial charge in [-0.15, -0.1) is 0 Å². The van der Waals surface area contributed by atoms with Gasteiger partial charge < -0.3 is 4.74 Å². The quantitative estimate of drug-likeness (QED) is 0.306. The highest BCUT2D eigenvalue weighted by Gasteiger charge is 2.01. The van der Waals surface area contributed by atoms with Crippen molar-refractivity contribution in [2.24, 2.45) is 0 Å². The third kappa shape index (κ3) is 3.97. The second-order valence-electron chi connectivity index (χ2n) is 1.74. The van der Waals surface area contributed by atoms with E-state index >= 15 is 0 Å². The predicted octanol–water partition coefficient (Wildman–Crippen LogP) is -0.369. The molecule has 0 saturated carbocycles. The monoisotopic (exact) mass is 143 g/mol. The molecular formula is C6H11O2Si. The van der Waals surface area contributed by atoms with Gasteiger partial charge in [0.05, 0.1) is 16.0 Å². The van der Waals surface area contributed by atoms with Gasteiger partial charge in [0.25, 0.3) is 0 Å². The summed E-state index contributed by atoms with van der Waals surface area (Å²) >= 11 is 0. The van der Waals surface area contributed by atoms with Crippen LogP contribution in [-0.2, 0) is 9.53 Å². The summed E-state index contributed by atoms with van der Waals surface area (Å²) in [7, 11) is 0.839. The third-order valence-electron chi connectivity index (χ3n) is 0.891. The molecule has 0 aromatic rings. The minimum Gasteiger partial charge on any atom is -0.464 e. The summed E-state index contributed by atoms with van der Waals surface area (Å²) in [4.78, 5) is 10.4. The van der Waals surface area contributed by atoms with Crippen molar-refractivity contribution < 1.29 is 9.53 Å². The number of hydrogen-bond donors (Lipinski definition) is 0. The van der Waals surface area contributed by atoms with Crippen LogP contribution in [0.1, 0.15) is 6.42 Å². The first kappa shape index (κ1) is 8.43. The smallest absolute Gasteiger partial charge is 0.330 e. The topological polar surface area (TPSA) is 26.3 Å². The molecule has 0 spiro atoms. The van der Waals surface area contributed by atoms with Gasteiger partial charge in [-0.05, 0) is 6.42 Å². The zero-order valence-corrected chi connectivity index (χ0v) is 7.59. The minimum atomic E-state index is -0.348. The van der Waals surface area contributed by atoms with Crippen LogP contribution in [-0.4, -0.2) is 21.9 Å². The molecule has 3 heteroatoms. The van der Waals surface area contributed by atoms with Crippen molar-refractivity contribution in [3.8, 4) is 0 Å². The molecule has 0 heterocycles. The fourth-order valence-electron chi connectivity index (χ4n) is 0.305. The van der Waals surface area contributed by atoms with Crippen molar-refractivity contribution in [2.45, 2.75) is 12.1 Å². The molecule has 0 N–H and O–H groups in total. The summed E-state index contributed by atoms with van der Waals surface area (Å²) < 4.78 is 4.79. The second kappa shape index (κ2) is 4.32. The summed E-state index contributed by atoms with van der Waals surface area (Å²) in [5, 5.41) is 0. The van der Waals surface area contributed by atoms with E-state index in [9.17, 15) is 4.79 Å². The third-order valence-corrected chi connectivity index (χ3v) is 1.70. The van der Waals surface area contributed by atoms with Crippen LogP contribution < -0.4 is 0 Å². The molecule has 1 atom stereocenters. The highest BCUT2D eigenvalue weighted by molar-refractivity contribution is 6.11. The molecule has 0 aromatic carbocycles. The Kier molecular flexibility index (Phi) is 4.04. The SMILES string of the molecule is [CH2]CC([SiH3])OC(=O)C=C. The number of hydrogen-bond acceptors (Lipinski definition) is 2. The van der Waals surface area contributed by atoms with Crippen molar-refractivity contribution in [3.63, 3.8) is 0 Å². The first-order valence-corrected chi connectivity index (χ1v) is 3.98. The Morgan fingerprint density at radius 2 is 2.44 bits per heavy atom. The van der Waals surface area contributed by atoms with Gasteiger partial charge in [0.2, 0.25) is 0 Å². The number of rotatable bonds is 3. The van der Waals surface area contributed by atoms with E-state index in [0.29, 0.717) is 6.42 Å². The lowest BCUT2D eigenvalue weighted by atomic mass is 10.5. The zero-order valence-electron chi connectivity index (χ0n) is 5.59. The molecule has 2 nitrogen and oxygen atoms in total. The number of esters is 1. The maximum atomic E-state index is 10.4. The molecule has 0 bridgehead atoms. The fraction of sp³-hybridized carbons (Fsp3) is 0.333. The van der Waals surface area contributed by atoms with Gasteiger partial charge >= 0.3 is 5.97 Å². The van der Waals surface area contributed by atoms with Crippen molar-refractivity contribution in [3.05, 3.63) is 19.6 Å². The van der Waals surface area contributed by atoms with E-state index < -0.39 is 0 Å². The van der Waals surface area contributed by atoms with Gasteiger partial charge in [0.1, 0.15) is 0 Å². The van der Waals surface area contributed by atoms with Gasteiger partial charge in [0, 0.05) is 6.08 Å². The van der Waals surface area contributed by atoms with Crippen molar-refractivity contribution >= 4 is 16.2 Å². The van der Waals surface area contributed by atoms with E-state index in [-0.39, 0.29) is 11.7 Å². The van der Waals surface area contributed by atoms with E-state index in [1.54, 1.807) is 0 Å². The molecule has 1 unspecified atom stereocenters. The molecule has 0 aliphatic rings. The van der Waals surface area contributed by atoms with Crippen LogP contribution in [0.3, 0.4) is 0 Å². The molecule has 0 aliphatic carbocycles. The van der Waals surface area contributed by atoms with Crippen LogP contribution in [0.2, 0.25) is 0 Å². The lowest BCUT2D eigenvalue weighted by Gasteiger charge is -2.07. The zero-order chi connectivity index (χ0) is 7.28. The lowest BCUT2D eigenvalue weighted by molar-refractivity contribution is -0.139. The molecule has 0 amide bonds. The van der Waals surface area contributed by atoms with Crippen molar-refractivity contribution in [2.75, 3.05) is 0 Å². The van der Waals surface area contributed by atoms with Crippen LogP contribution in [0, 0.1) is 6.92 Å². The average Bonchev–Trinajstić information content (AvgIpc) is 1.87. The first-order valence-electron chi connectivity index (χ1n) is 2.83. The molecule has 0 saturated heterocycles. The van der Waals surface area contributed by atoms with Gasteiger partial charge in [0.15, 0.2) is 0 Å². The molecular weight excluding hydrogens is 132 g/mol. The highest BCUT2D eigenvalue weighted by atomic mass is 28.1. The lowest BCUT2D eigenvalue weighted by Crippen LogP contribution is -2.15. The van der Waals surface area contributed by atoms with Gasteiger partial charge in [-0.25, -0.2) is 4.79 Å². The largest absolute Gasteiger partial charge is 0.464 e. The summed E-state index contributed by atoms with van der Waals surface area (Å²) in [6.07, 6.45) is 1.83. The van der Waals surface area contributed by atoms with Gasteiger partial charge in [-0.1, -0.05) is 13.5 Å². The molecule has 0 rings (SSSR count). The maximum absolute atomic E-state index is 10.4. The van der Waals surface area contributed by atoms with Gasteiger partial charge in [-0.3, -0.25) is 0 Å². The van der Waals surface area contributed by atoms with Crippen LogP contribution in [0.4, 0.5) is 0 Å². The highest BCUT2D eigenvalue weighted by Crippen LogP contribution is 1.91. The summed E-state index contributed by atoms with van der Waals surface area (Å²) in [5.41, 5.74) is 0.0375. The van der Waals surface area contributed by atoms with Crippen LogP contribution in [0.15, 0.2) is 12.7 Å². The van der Waals surface area contributed by atoms with E-state index in [1.165, 1.54) is 6.08 Å². The fourth-order valence-corrected chi connectivity index (χ4v) is 0.538. The Bertz CT molecular complexity index is 112. The summed E-state index contributed by atoms with van der Waals surface area (Å²) in [6.45, 7) is 6.86. The van der Waals surface area contributed by atoms with Crippen LogP contribution in [0.25, 0.3) is 0 Å². The van der Waals surface area contributed by atoms with Crippen LogP contribution >= 0.6 is 0 Å². The predicted molar refractivity (Wildman–Crippen MR) is 40.0 cm³/mol. The number of carbonyl (C=O) groups is 1. The van der Waals surface area contributed by atoms with Crippen molar-refractivity contribution in [1.29, 1.82) is 0 Å². The van der Waals surface area contributed by atoms with E-state index in [0.717, 1.165) is 10.2 Å². The van der Waals surface area contributed by atoms with E-state index in [1.807, 2.05) is 0 Å². The Labute approximate surface area is 58.3 Å². The molecule has 0 aliphatic heterocycles. The summed E-state index contributed by atoms with van der Waals surface area (Å²) in [6, 6.07) is 0. The molecule has 0 aromatic heterocycles. The van der Waals surface area contributed by atoms with Crippen molar-refractivity contribution in [1.82, 2.24) is 0 Å². The normalized spacial score (nSPS) is 12.6. The molecule has 1 radical (unpaired) electrons. The minimum absolute atomic E-state index is 0.0375. The first-order chi connectivity index (χ1) is 4.20. The second-order valence-corrected chi connectivity index (χ2v) is 3.03. The van der Waals surface area contributed by atoms with E-state index in [2.05, 4.69) is 13.5 Å². The maximum Gasteiger partial charge on any atom is 0.330 e. The Morgan fingerprint density at radius 3 is 2.78 bits per heavy atom. The standard InChI is InChI=1S/C6H11O2Si/c1-3-5(7)8-6(9)4-2/h3,6H,1-2,4H2,9H3.